The molecule has 182 valence electrons. The van der Waals surface area contributed by atoms with Gasteiger partial charge < -0.3 is 15.1 Å². The molecule has 4 rings (SSSR count). The van der Waals surface area contributed by atoms with Crippen molar-refractivity contribution in [3.8, 4) is 0 Å². The van der Waals surface area contributed by atoms with Crippen molar-refractivity contribution in [1.82, 2.24) is 24.9 Å². The van der Waals surface area contributed by atoms with Crippen LogP contribution in [0.2, 0.25) is 0 Å². The number of carbonyl (C=O) groups is 3. The third-order valence-corrected chi connectivity index (χ3v) is 7.49. The summed E-state index contributed by atoms with van der Waals surface area (Å²) < 4.78 is 2.10. The van der Waals surface area contributed by atoms with Crippen molar-refractivity contribution in [2.24, 2.45) is 5.41 Å². The lowest BCUT2D eigenvalue weighted by Gasteiger charge is -2.34. The highest BCUT2D eigenvalue weighted by Gasteiger charge is 2.42. The molecule has 2 fully saturated rings. The Morgan fingerprint density at radius 3 is 2.52 bits per heavy atom. The first-order valence-electron chi connectivity index (χ1n) is 12.7. The molecule has 2 saturated heterocycles. The minimum Gasteiger partial charge on any atom is -0.343 e. The first-order chi connectivity index (χ1) is 15.7. The Kier molecular flexibility index (Phi) is 6.82. The van der Waals surface area contributed by atoms with Crippen LogP contribution in [0, 0.1) is 5.41 Å². The number of likely N-dealkylation sites (tertiary alicyclic amines) is 2. The highest BCUT2D eigenvalue weighted by atomic mass is 16.2. The molecule has 1 aromatic heterocycles. The molecule has 3 heterocycles. The Morgan fingerprint density at radius 1 is 1.12 bits per heavy atom. The quantitative estimate of drug-likeness (QED) is 0.680. The second-order valence-corrected chi connectivity index (χ2v) is 10.8. The van der Waals surface area contributed by atoms with Crippen molar-refractivity contribution < 1.29 is 14.4 Å². The lowest BCUT2D eigenvalue weighted by atomic mass is 9.75. The fraction of sp³-hybridized carbons (Fsp3) is 0.760. The molecule has 0 spiro atoms. The lowest BCUT2D eigenvalue weighted by molar-refractivity contribution is -0.130. The zero-order valence-electron chi connectivity index (χ0n) is 20.7. The first-order valence-corrected chi connectivity index (χ1v) is 12.7. The molecule has 8 heteroatoms. The minimum absolute atomic E-state index is 0.0485. The highest BCUT2D eigenvalue weighted by molar-refractivity contribution is 6.00. The summed E-state index contributed by atoms with van der Waals surface area (Å²) in [5.74, 6) is 0.269. The molecule has 0 radical (unpaired) electrons. The Labute approximate surface area is 197 Å². The Balaban J connectivity index is 1.66. The molecule has 0 unspecified atom stereocenters. The average Bonchev–Trinajstić information content (AvgIpc) is 3.38. The first kappa shape index (κ1) is 23.8. The van der Waals surface area contributed by atoms with Crippen LogP contribution in [0.25, 0.3) is 0 Å². The molecule has 1 atom stereocenters. The van der Waals surface area contributed by atoms with Gasteiger partial charge in [-0.1, -0.05) is 27.2 Å². The van der Waals surface area contributed by atoms with Gasteiger partial charge >= 0.3 is 6.03 Å². The summed E-state index contributed by atoms with van der Waals surface area (Å²) in [5, 5.41) is 8.13. The maximum atomic E-state index is 13.4. The average molecular weight is 458 g/mol. The number of aromatic nitrogens is 2. The van der Waals surface area contributed by atoms with Crippen molar-refractivity contribution >= 4 is 17.7 Å². The number of nitrogens with zero attached hydrogens (tertiary/aromatic N) is 4. The predicted octanol–water partition coefficient (Wildman–Crippen LogP) is 3.87. The largest absolute Gasteiger partial charge is 0.343 e. The number of unbranched alkanes of at least 4 members (excludes halogenated alkanes) is 1. The highest BCUT2D eigenvalue weighted by Crippen LogP contribution is 2.42. The number of Topliss-reactive ketones (excluding diaryl/α,β-unsaturated/α-hetero) is 1. The number of nitrogens with one attached hydrogen (secondary N) is 1. The number of urea groups is 1. The van der Waals surface area contributed by atoms with E-state index >= 15 is 0 Å². The third-order valence-electron chi connectivity index (χ3n) is 7.49. The van der Waals surface area contributed by atoms with E-state index in [1.165, 1.54) is 0 Å². The Morgan fingerprint density at radius 2 is 1.85 bits per heavy atom. The van der Waals surface area contributed by atoms with E-state index < -0.39 is 0 Å². The molecule has 0 bridgehead atoms. The fourth-order valence-electron chi connectivity index (χ4n) is 5.73. The summed E-state index contributed by atoms with van der Waals surface area (Å²) >= 11 is 0. The number of carbonyl (C=O) groups excluding carboxylic acids is 3. The Bertz CT molecular complexity index is 913. The normalized spacial score (nSPS) is 23.0. The van der Waals surface area contributed by atoms with Crippen molar-refractivity contribution in [2.75, 3.05) is 26.2 Å². The van der Waals surface area contributed by atoms with Crippen LogP contribution in [-0.4, -0.2) is 63.5 Å². The summed E-state index contributed by atoms with van der Waals surface area (Å²) in [6.07, 6.45) is 6.75. The summed E-state index contributed by atoms with van der Waals surface area (Å²) in [7, 11) is 0. The van der Waals surface area contributed by atoms with E-state index in [2.05, 4.69) is 30.8 Å². The standard InChI is InChI=1S/C25H39N5O3/c1-5-6-11-26-24(33)29-12-7-8-19(29)23-22-20(15-25(3,4)16-21(22)32)30(27-23)18-9-13-28(14-10-18)17(2)31/h18-19H,5-16H2,1-4H3,(H,26,33)/t19-/m0/s1. The van der Waals surface area contributed by atoms with Gasteiger partial charge in [-0.3, -0.25) is 14.3 Å². The van der Waals surface area contributed by atoms with Crippen molar-refractivity contribution in [2.45, 2.75) is 91.1 Å². The number of amides is 3. The second-order valence-electron chi connectivity index (χ2n) is 10.8. The van der Waals surface area contributed by atoms with Crippen LogP contribution >= 0.6 is 0 Å². The van der Waals surface area contributed by atoms with Gasteiger partial charge in [0, 0.05) is 39.5 Å². The number of hydrogen-bond acceptors (Lipinski definition) is 4. The van der Waals surface area contributed by atoms with Gasteiger partial charge in [0.15, 0.2) is 5.78 Å². The van der Waals surface area contributed by atoms with E-state index in [-0.39, 0.29) is 35.2 Å². The maximum Gasteiger partial charge on any atom is 0.317 e. The molecular formula is C25H39N5O3. The van der Waals surface area contributed by atoms with E-state index in [1.807, 2.05) is 9.80 Å². The van der Waals surface area contributed by atoms with Gasteiger partial charge in [-0.15, -0.1) is 0 Å². The van der Waals surface area contributed by atoms with Crippen molar-refractivity contribution in [3.05, 3.63) is 17.0 Å². The molecular weight excluding hydrogens is 418 g/mol. The summed E-state index contributed by atoms with van der Waals surface area (Å²) in [5.41, 5.74) is 2.49. The van der Waals surface area contributed by atoms with E-state index in [0.717, 1.165) is 75.0 Å². The van der Waals surface area contributed by atoms with Crippen LogP contribution in [0.4, 0.5) is 4.79 Å². The van der Waals surface area contributed by atoms with Crippen LogP contribution in [0.15, 0.2) is 0 Å². The monoisotopic (exact) mass is 457 g/mol. The SMILES string of the molecule is CCCCNC(=O)N1CCC[C@H]1c1nn(C2CCN(C(C)=O)CC2)c2c1C(=O)CC(C)(C)C2. The molecule has 8 nitrogen and oxygen atoms in total. The molecule has 1 N–H and O–H groups in total. The summed E-state index contributed by atoms with van der Waals surface area (Å²) in [6, 6.07) is -0.0188. The van der Waals surface area contributed by atoms with Crippen LogP contribution in [0.1, 0.15) is 106 Å². The molecule has 3 amide bonds. The van der Waals surface area contributed by atoms with Gasteiger partial charge in [0.25, 0.3) is 0 Å². The number of fused-ring (bicyclic) bond motifs is 1. The zero-order chi connectivity index (χ0) is 23.8. The van der Waals surface area contributed by atoms with Gasteiger partial charge in [0.1, 0.15) is 0 Å². The van der Waals surface area contributed by atoms with Crippen molar-refractivity contribution in [1.29, 1.82) is 0 Å². The summed E-state index contributed by atoms with van der Waals surface area (Å²) in [4.78, 5) is 41.9. The number of ketones is 1. The molecule has 1 aromatic rings. The van der Waals surface area contributed by atoms with Crippen LogP contribution in [0.3, 0.4) is 0 Å². The van der Waals surface area contributed by atoms with E-state index in [0.29, 0.717) is 19.5 Å². The van der Waals surface area contributed by atoms with E-state index in [4.69, 9.17) is 5.10 Å². The minimum atomic E-state index is -0.149. The van der Waals surface area contributed by atoms with Crippen LogP contribution < -0.4 is 5.32 Å². The maximum absolute atomic E-state index is 13.4. The van der Waals surface area contributed by atoms with Crippen LogP contribution in [-0.2, 0) is 11.2 Å². The Hall–Kier alpha value is -2.38. The molecule has 1 aliphatic carbocycles. The second kappa shape index (κ2) is 9.47. The van der Waals surface area contributed by atoms with Gasteiger partial charge in [0.05, 0.1) is 29.0 Å². The number of rotatable bonds is 5. The zero-order valence-corrected chi connectivity index (χ0v) is 20.7. The number of piperidine rings is 1. The lowest BCUT2D eigenvalue weighted by Crippen LogP contribution is -2.40. The summed E-state index contributed by atoms with van der Waals surface area (Å²) in [6.45, 7) is 10.8. The molecule has 0 aromatic carbocycles. The van der Waals surface area contributed by atoms with E-state index in [1.54, 1.807) is 6.92 Å². The smallest absolute Gasteiger partial charge is 0.317 e. The molecule has 0 saturated carbocycles. The predicted molar refractivity (Wildman–Crippen MR) is 126 cm³/mol. The number of hydrogen-bond donors (Lipinski definition) is 1. The molecule has 3 aliphatic rings. The molecule has 33 heavy (non-hydrogen) atoms. The third kappa shape index (κ3) is 4.80. The van der Waals surface area contributed by atoms with Crippen LogP contribution in [0.5, 0.6) is 0 Å². The van der Waals surface area contributed by atoms with Gasteiger partial charge in [-0.25, -0.2) is 4.79 Å². The van der Waals surface area contributed by atoms with Gasteiger partial charge in [0.2, 0.25) is 5.91 Å². The fourth-order valence-corrected chi connectivity index (χ4v) is 5.73. The molecule has 2 aliphatic heterocycles. The van der Waals surface area contributed by atoms with Gasteiger partial charge in [-0.05, 0) is 43.9 Å². The van der Waals surface area contributed by atoms with Crippen molar-refractivity contribution in [3.63, 3.8) is 0 Å². The topological polar surface area (TPSA) is 87.5 Å². The van der Waals surface area contributed by atoms with Gasteiger partial charge in [-0.2, -0.15) is 5.10 Å². The van der Waals surface area contributed by atoms with E-state index in [9.17, 15) is 14.4 Å².